The highest BCUT2D eigenvalue weighted by molar-refractivity contribution is 6.31. The molecule has 3 rings (SSSR count). The molecule has 5 heteroatoms. The molecule has 0 spiro atoms. The number of nitriles is 1. The normalized spacial score (nSPS) is 13.0. The van der Waals surface area contributed by atoms with Crippen molar-refractivity contribution >= 4 is 23.2 Å². The van der Waals surface area contributed by atoms with Gasteiger partial charge in [-0.15, -0.1) is 0 Å². The third kappa shape index (κ3) is 4.22. The van der Waals surface area contributed by atoms with Crippen molar-refractivity contribution in [1.29, 1.82) is 5.26 Å². The Labute approximate surface area is 163 Å². The quantitative estimate of drug-likeness (QED) is 0.572. The molecule has 0 aliphatic rings. The molecular weight excluding hydrogens is 365 g/mol. The molecule has 0 aliphatic carbocycles. The van der Waals surface area contributed by atoms with Gasteiger partial charge in [-0.3, -0.25) is 9.97 Å². The van der Waals surface area contributed by atoms with Gasteiger partial charge in [-0.1, -0.05) is 53.5 Å². The standard InChI is InChI=1S/C21H17Cl2N3/c22-17-7-5-16(6-8-17)9-10-21(15-24,13-18-14-25-11-12-26-18)19-3-1-2-4-20(19)23/h1-8,11-12,14H,9-10,13H2. The lowest BCUT2D eigenvalue weighted by Gasteiger charge is -2.28. The van der Waals surface area contributed by atoms with Crippen molar-refractivity contribution in [2.45, 2.75) is 24.7 Å². The lowest BCUT2D eigenvalue weighted by Crippen LogP contribution is -2.29. The van der Waals surface area contributed by atoms with Crippen LogP contribution in [0.4, 0.5) is 0 Å². The molecule has 0 N–H and O–H groups in total. The summed E-state index contributed by atoms with van der Waals surface area (Å²) in [5.74, 6) is 0. The summed E-state index contributed by atoms with van der Waals surface area (Å²) in [6.45, 7) is 0. The van der Waals surface area contributed by atoms with Crippen molar-refractivity contribution in [1.82, 2.24) is 9.97 Å². The van der Waals surface area contributed by atoms with Crippen LogP contribution in [0.1, 0.15) is 23.2 Å². The highest BCUT2D eigenvalue weighted by atomic mass is 35.5. The smallest absolute Gasteiger partial charge is 0.0895 e. The predicted molar refractivity (Wildman–Crippen MR) is 104 cm³/mol. The SMILES string of the molecule is N#CC(CCc1ccc(Cl)cc1)(Cc1cnccn1)c1ccccc1Cl. The zero-order chi connectivity index (χ0) is 18.4. The monoisotopic (exact) mass is 381 g/mol. The summed E-state index contributed by atoms with van der Waals surface area (Å²) < 4.78 is 0. The van der Waals surface area contributed by atoms with E-state index in [0.29, 0.717) is 22.9 Å². The Morgan fingerprint density at radius 1 is 1.00 bits per heavy atom. The first-order chi connectivity index (χ1) is 12.6. The van der Waals surface area contributed by atoms with Gasteiger partial charge in [0, 0.05) is 35.1 Å². The largest absolute Gasteiger partial charge is 0.261 e. The Morgan fingerprint density at radius 3 is 2.42 bits per heavy atom. The number of aryl methyl sites for hydroxylation is 1. The van der Waals surface area contributed by atoms with Crippen LogP contribution in [0.15, 0.2) is 67.1 Å². The van der Waals surface area contributed by atoms with Crippen molar-refractivity contribution in [3.05, 3.63) is 94.0 Å². The maximum atomic E-state index is 10.2. The Balaban J connectivity index is 1.96. The summed E-state index contributed by atoms with van der Waals surface area (Å²) in [5, 5.41) is 11.5. The summed E-state index contributed by atoms with van der Waals surface area (Å²) in [7, 11) is 0. The molecule has 0 radical (unpaired) electrons. The molecule has 26 heavy (non-hydrogen) atoms. The van der Waals surface area contributed by atoms with E-state index in [1.807, 2.05) is 48.5 Å². The van der Waals surface area contributed by atoms with Gasteiger partial charge in [0.2, 0.25) is 0 Å². The molecule has 1 aromatic heterocycles. The number of aromatic nitrogens is 2. The van der Waals surface area contributed by atoms with Gasteiger partial charge in [0.25, 0.3) is 0 Å². The molecule has 1 unspecified atom stereocenters. The third-order valence-corrected chi connectivity index (χ3v) is 5.04. The van der Waals surface area contributed by atoms with E-state index in [-0.39, 0.29) is 0 Å². The van der Waals surface area contributed by atoms with Gasteiger partial charge in [0.1, 0.15) is 0 Å². The molecule has 1 atom stereocenters. The topological polar surface area (TPSA) is 49.6 Å². The average Bonchev–Trinajstić information content (AvgIpc) is 2.68. The fraction of sp³-hybridized carbons (Fsp3) is 0.190. The van der Waals surface area contributed by atoms with E-state index in [4.69, 9.17) is 23.2 Å². The molecule has 0 saturated carbocycles. The van der Waals surface area contributed by atoms with E-state index in [1.54, 1.807) is 18.6 Å². The van der Waals surface area contributed by atoms with E-state index < -0.39 is 5.41 Å². The van der Waals surface area contributed by atoms with Gasteiger partial charge in [-0.25, -0.2) is 0 Å². The van der Waals surface area contributed by atoms with Crippen molar-refractivity contribution < 1.29 is 0 Å². The highest BCUT2D eigenvalue weighted by Crippen LogP contribution is 2.36. The van der Waals surface area contributed by atoms with Crippen LogP contribution in [-0.2, 0) is 18.3 Å². The Kier molecular flexibility index (Phi) is 5.88. The first-order valence-electron chi connectivity index (χ1n) is 8.28. The lowest BCUT2D eigenvalue weighted by atomic mass is 9.74. The average molecular weight is 382 g/mol. The molecule has 3 aromatic rings. The third-order valence-electron chi connectivity index (χ3n) is 4.46. The van der Waals surface area contributed by atoms with Crippen LogP contribution in [-0.4, -0.2) is 9.97 Å². The predicted octanol–water partition coefficient (Wildman–Crippen LogP) is 5.42. The zero-order valence-electron chi connectivity index (χ0n) is 14.1. The van der Waals surface area contributed by atoms with Crippen molar-refractivity contribution in [2.24, 2.45) is 0 Å². The molecule has 2 aromatic carbocycles. The fourth-order valence-corrected chi connectivity index (χ4v) is 3.51. The lowest BCUT2D eigenvalue weighted by molar-refractivity contribution is 0.493. The van der Waals surface area contributed by atoms with Gasteiger partial charge in [-0.2, -0.15) is 5.26 Å². The van der Waals surface area contributed by atoms with Gasteiger partial charge >= 0.3 is 0 Å². The second-order valence-electron chi connectivity index (χ2n) is 6.17. The molecule has 0 aliphatic heterocycles. The number of nitrogens with zero attached hydrogens (tertiary/aromatic N) is 3. The number of halogens is 2. The van der Waals surface area contributed by atoms with E-state index in [1.165, 1.54) is 0 Å². The minimum atomic E-state index is -0.784. The number of hydrogen-bond donors (Lipinski definition) is 0. The summed E-state index contributed by atoms with van der Waals surface area (Å²) in [6.07, 6.45) is 6.77. The van der Waals surface area contributed by atoms with Crippen molar-refractivity contribution in [3.63, 3.8) is 0 Å². The van der Waals surface area contributed by atoms with E-state index in [9.17, 15) is 5.26 Å². The van der Waals surface area contributed by atoms with Crippen molar-refractivity contribution in [2.75, 3.05) is 0 Å². The summed E-state index contributed by atoms with van der Waals surface area (Å²) in [4.78, 5) is 8.49. The Hall–Kier alpha value is -2.41. The maximum absolute atomic E-state index is 10.2. The van der Waals surface area contributed by atoms with Crippen LogP contribution in [0.5, 0.6) is 0 Å². The van der Waals surface area contributed by atoms with E-state index >= 15 is 0 Å². The van der Waals surface area contributed by atoms with Crippen LogP contribution in [0.3, 0.4) is 0 Å². The second-order valence-corrected chi connectivity index (χ2v) is 7.02. The van der Waals surface area contributed by atoms with Crippen LogP contribution in [0.25, 0.3) is 0 Å². The Bertz CT molecular complexity index is 905. The second kappa shape index (κ2) is 8.31. The van der Waals surface area contributed by atoms with Crippen LogP contribution >= 0.6 is 23.2 Å². The van der Waals surface area contributed by atoms with Crippen LogP contribution < -0.4 is 0 Å². The molecule has 130 valence electrons. The van der Waals surface area contributed by atoms with Crippen LogP contribution in [0.2, 0.25) is 10.0 Å². The fourth-order valence-electron chi connectivity index (χ4n) is 3.06. The summed E-state index contributed by atoms with van der Waals surface area (Å²) in [6, 6.07) is 17.7. The number of hydrogen-bond acceptors (Lipinski definition) is 3. The first-order valence-corrected chi connectivity index (χ1v) is 9.04. The van der Waals surface area contributed by atoms with Gasteiger partial charge in [-0.05, 0) is 42.2 Å². The van der Waals surface area contributed by atoms with E-state index in [0.717, 1.165) is 23.2 Å². The molecule has 0 bridgehead atoms. The first kappa shape index (κ1) is 18.4. The summed E-state index contributed by atoms with van der Waals surface area (Å²) >= 11 is 12.4. The van der Waals surface area contributed by atoms with Gasteiger partial charge < -0.3 is 0 Å². The Morgan fingerprint density at radius 2 is 1.77 bits per heavy atom. The highest BCUT2D eigenvalue weighted by Gasteiger charge is 2.34. The molecular formula is C21H17Cl2N3. The summed E-state index contributed by atoms with van der Waals surface area (Å²) in [5.41, 5.74) is 1.93. The minimum Gasteiger partial charge on any atom is -0.261 e. The van der Waals surface area contributed by atoms with Gasteiger partial charge in [0.15, 0.2) is 0 Å². The van der Waals surface area contributed by atoms with Crippen LogP contribution in [0, 0.1) is 11.3 Å². The molecule has 0 saturated heterocycles. The molecule has 3 nitrogen and oxygen atoms in total. The minimum absolute atomic E-state index is 0.453. The maximum Gasteiger partial charge on any atom is 0.0895 e. The number of benzene rings is 2. The molecule has 0 amide bonds. The molecule has 1 heterocycles. The van der Waals surface area contributed by atoms with E-state index in [2.05, 4.69) is 16.0 Å². The van der Waals surface area contributed by atoms with Gasteiger partial charge in [0.05, 0.1) is 17.2 Å². The van der Waals surface area contributed by atoms with Crippen molar-refractivity contribution in [3.8, 4) is 6.07 Å². The number of rotatable bonds is 6. The molecule has 0 fully saturated rings. The zero-order valence-corrected chi connectivity index (χ0v) is 15.6.